The van der Waals surface area contributed by atoms with Crippen molar-refractivity contribution in [2.45, 2.75) is 25.4 Å². The topological polar surface area (TPSA) is 46.6 Å². The lowest BCUT2D eigenvalue weighted by atomic mass is 10.0. The Morgan fingerprint density at radius 1 is 1.08 bits per heavy atom. The third-order valence-corrected chi connectivity index (χ3v) is 4.57. The number of piperidine rings is 1. The Labute approximate surface area is 142 Å². The highest BCUT2D eigenvalue weighted by molar-refractivity contribution is 5.55. The molecule has 1 atom stereocenters. The van der Waals surface area contributed by atoms with Crippen LogP contribution in [0, 0.1) is 0 Å². The maximum atomic E-state index is 5.67. The van der Waals surface area contributed by atoms with Gasteiger partial charge >= 0.3 is 0 Å². The number of nitrogens with zero attached hydrogens (tertiary/aromatic N) is 2. The summed E-state index contributed by atoms with van der Waals surface area (Å²) in [6.07, 6.45) is 6.14. The van der Waals surface area contributed by atoms with Gasteiger partial charge in [0.2, 0.25) is 0 Å². The molecule has 0 spiro atoms. The van der Waals surface area contributed by atoms with E-state index in [0.29, 0.717) is 19.3 Å². The van der Waals surface area contributed by atoms with E-state index in [-0.39, 0.29) is 0 Å². The second-order valence-electron chi connectivity index (χ2n) is 6.43. The Morgan fingerprint density at radius 3 is 2.79 bits per heavy atom. The minimum atomic E-state index is 0.461. The highest BCUT2D eigenvalue weighted by Gasteiger charge is 2.20. The molecule has 3 heterocycles. The van der Waals surface area contributed by atoms with E-state index in [2.05, 4.69) is 39.5 Å². The maximum Gasteiger partial charge on any atom is 0.163 e. The van der Waals surface area contributed by atoms with Crippen molar-refractivity contribution in [1.82, 2.24) is 9.88 Å². The van der Waals surface area contributed by atoms with Crippen molar-refractivity contribution in [3.05, 3.63) is 48.3 Å². The molecule has 1 saturated heterocycles. The minimum absolute atomic E-state index is 0.461. The highest BCUT2D eigenvalue weighted by atomic mass is 16.6. The van der Waals surface area contributed by atoms with Gasteiger partial charge in [0.1, 0.15) is 13.2 Å². The predicted molar refractivity (Wildman–Crippen MR) is 93.6 cm³/mol. The van der Waals surface area contributed by atoms with Gasteiger partial charge in [-0.15, -0.1) is 0 Å². The standard InChI is InChI=1S/C19H23N3O2/c1-2-17(14-22(9-1)13-15-5-7-20-8-6-15)21-16-3-4-18-19(12-16)24-11-10-23-18/h3-8,12,17,21H,1-2,9-11,13-14H2/t17-/m0/s1. The number of anilines is 1. The molecule has 5 nitrogen and oxygen atoms in total. The Morgan fingerprint density at radius 2 is 1.92 bits per heavy atom. The van der Waals surface area contributed by atoms with Crippen LogP contribution >= 0.6 is 0 Å². The molecule has 0 bridgehead atoms. The van der Waals surface area contributed by atoms with Gasteiger partial charge in [0, 0.05) is 43.3 Å². The van der Waals surface area contributed by atoms with E-state index in [9.17, 15) is 0 Å². The molecule has 0 radical (unpaired) electrons. The molecule has 2 aromatic rings. The first-order chi connectivity index (χ1) is 11.9. The van der Waals surface area contributed by atoms with E-state index in [0.717, 1.165) is 36.8 Å². The Balaban J connectivity index is 1.38. The number of rotatable bonds is 4. The van der Waals surface area contributed by atoms with E-state index in [1.165, 1.54) is 18.4 Å². The average molecular weight is 325 g/mol. The fourth-order valence-corrected chi connectivity index (χ4v) is 3.43. The molecule has 1 fully saturated rings. The molecule has 2 aliphatic heterocycles. The molecule has 1 aromatic heterocycles. The van der Waals surface area contributed by atoms with Gasteiger partial charge in [-0.3, -0.25) is 9.88 Å². The van der Waals surface area contributed by atoms with Crippen LogP contribution in [-0.4, -0.2) is 42.2 Å². The van der Waals surface area contributed by atoms with Crippen molar-refractivity contribution in [2.75, 3.05) is 31.6 Å². The first-order valence-corrected chi connectivity index (χ1v) is 8.64. The van der Waals surface area contributed by atoms with Crippen LogP contribution in [0.15, 0.2) is 42.7 Å². The molecule has 0 unspecified atom stereocenters. The van der Waals surface area contributed by atoms with E-state index in [1.807, 2.05) is 18.5 Å². The summed E-state index contributed by atoms with van der Waals surface area (Å²) < 4.78 is 11.3. The SMILES string of the molecule is c1cc(CN2CCC[C@H](Nc3ccc4c(c3)OCCO4)C2)ccn1. The molecule has 1 N–H and O–H groups in total. The fourth-order valence-electron chi connectivity index (χ4n) is 3.43. The van der Waals surface area contributed by atoms with Crippen molar-refractivity contribution >= 4 is 5.69 Å². The fraction of sp³-hybridized carbons (Fsp3) is 0.421. The number of nitrogens with one attached hydrogen (secondary N) is 1. The summed E-state index contributed by atoms with van der Waals surface area (Å²) in [5.74, 6) is 1.69. The number of ether oxygens (including phenoxy) is 2. The van der Waals surface area contributed by atoms with Crippen molar-refractivity contribution in [3.63, 3.8) is 0 Å². The van der Waals surface area contributed by atoms with Gasteiger partial charge in [-0.1, -0.05) is 0 Å². The molecule has 4 rings (SSSR count). The molecule has 0 amide bonds. The first kappa shape index (κ1) is 15.3. The molecule has 24 heavy (non-hydrogen) atoms. The summed E-state index contributed by atoms with van der Waals surface area (Å²) in [5.41, 5.74) is 2.43. The van der Waals surface area contributed by atoms with Crippen LogP contribution in [0.5, 0.6) is 11.5 Å². The molecule has 5 heteroatoms. The van der Waals surface area contributed by atoms with E-state index >= 15 is 0 Å². The summed E-state index contributed by atoms with van der Waals surface area (Å²) >= 11 is 0. The smallest absolute Gasteiger partial charge is 0.163 e. The van der Waals surface area contributed by atoms with Crippen molar-refractivity contribution in [1.29, 1.82) is 0 Å². The zero-order chi connectivity index (χ0) is 16.2. The number of fused-ring (bicyclic) bond motifs is 1. The zero-order valence-electron chi connectivity index (χ0n) is 13.8. The quantitative estimate of drug-likeness (QED) is 0.936. The van der Waals surface area contributed by atoms with Crippen LogP contribution in [0.3, 0.4) is 0 Å². The van der Waals surface area contributed by atoms with Gasteiger partial charge in [0.05, 0.1) is 0 Å². The molecule has 126 valence electrons. The number of pyridine rings is 1. The monoisotopic (exact) mass is 325 g/mol. The van der Waals surface area contributed by atoms with Gasteiger partial charge in [-0.2, -0.15) is 0 Å². The second-order valence-corrected chi connectivity index (χ2v) is 6.43. The number of hydrogen-bond donors (Lipinski definition) is 1. The molecule has 0 aliphatic carbocycles. The number of hydrogen-bond acceptors (Lipinski definition) is 5. The summed E-state index contributed by atoms with van der Waals surface area (Å²) in [6, 6.07) is 10.8. The van der Waals surface area contributed by atoms with Crippen molar-refractivity contribution < 1.29 is 9.47 Å². The zero-order valence-corrected chi connectivity index (χ0v) is 13.8. The normalized spacial score (nSPS) is 20.6. The van der Waals surface area contributed by atoms with Crippen LogP contribution in [0.1, 0.15) is 18.4 Å². The number of likely N-dealkylation sites (tertiary alicyclic amines) is 1. The molecule has 2 aliphatic rings. The summed E-state index contributed by atoms with van der Waals surface area (Å²) in [5, 5.41) is 3.66. The Hall–Kier alpha value is -2.27. The summed E-state index contributed by atoms with van der Waals surface area (Å²) in [4.78, 5) is 6.60. The maximum absolute atomic E-state index is 5.67. The van der Waals surface area contributed by atoms with E-state index < -0.39 is 0 Å². The first-order valence-electron chi connectivity index (χ1n) is 8.64. The number of benzene rings is 1. The van der Waals surface area contributed by atoms with Crippen LogP contribution < -0.4 is 14.8 Å². The van der Waals surface area contributed by atoms with Gasteiger partial charge in [0.25, 0.3) is 0 Å². The molecular weight excluding hydrogens is 302 g/mol. The number of aromatic nitrogens is 1. The third kappa shape index (κ3) is 3.62. The highest BCUT2D eigenvalue weighted by Crippen LogP contribution is 2.33. The lowest BCUT2D eigenvalue weighted by Gasteiger charge is -2.34. The van der Waals surface area contributed by atoms with Crippen LogP contribution in [-0.2, 0) is 6.54 Å². The second kappa shape index (κ2) is 7.09. The average Bonchev–Trinajstić information content (AvgIpc) is 2.63. The molecule has 1 aromatic carbocycles. The third-order valence-electron chi connectivity index (χ3n) is 4.57. The largest absolute Gasteiger partial charge is 0.486 e. The van der Waals surface area contributed by atoms with Crippen LogP contribution in [0.25, 0.3) is 0 Å². The summed E-state index contributed by atoms with van der Waals surface area (Å²) in [6.45, 7) is 4.45. The van der Waals surface area contributed by atoms with Crippen molar-refractivity contribution in [2.24, 2.45) is 0 Å². The van der Waals surface area contributed by atoms with Gasteiger partial charge in [0.15, 0.2) is 11.5 Å². The molecule has 0 saturated carbocycles. The van der Waals surface area contributed by atoms with E-state index in [1.54, 1.807) is 0 Å². The lowest BCUT2D eigenvalue weighted by Crippen LogP contribution is -2.41. The van der Waals surface area contributed by atoms with Crippen LogP contribution in [0.2, 0.25) is 0 Å². The lowest BCUT2D eigenvalue weighted by molar-refractivity contribution is 0.171. The predicted octanol–water partition coefficient (Wildman–Crippen LogP) is 2.93. The minimum Gasteiger partial charge on any atom is -0.486 e. The van der Waals surface area contributed by atoms with Crippen molar-refractivity contribution in [3.8, 4) is 11.5 Å². The summed E-state index contributed by atoms with van der Waals surface area (Å²) in [7, 11) is 0. The van der Waals surface area contributed by atoms with Gasteiger partial charge in [-0.25, -0.2) is 0 Å². The van der Waals surface area contributed by atoms with Gasteiger partial charge in [-0.05, 0) is 49.2 Å². The Bertz CT molecular complexity index is 678. The Kier molecular flexibility index (Phi) is 4.51. The van der Waals surface area contributed by atoms with E-state index in [4.69, 9.17) is 9.47 Å². The molecular formula is C19H23N3O2. The van der Waals surface area contributed by atoms with Crippen LogP contribution in [0.4, 0.5) is 5.69 Å². The van der Waals surface area contributed by atoms with Gasteiger partial charge < -0.3 is 14.8 Å².